The van der Waals surface area contributed by atoms with Crippen LogP contribution >= 0.6 is 11.3 Å². The van der Waals surface area contributed by atoms with Crippen LogP contribution in [0.4, 0.5) is 5.00 Å². The van der Waals surface area contributed by atoms with Crippen LogP contribution in [0.3, 0.4) is 0 Å². The quantitative estimate of drug-likeness (QED) is 0.654. The summed E-state index contributed by atoms with van der Waals surface area (Å²) >= 11 is 1.36. The highest BCUT2D eigenvalue weighted by Crippen LogP contribution is 2.30. The normalized spacial score (nSPS) is 11.6. The minimum atomic E-state index is -0.453. The van der Waals surface area contributed by atoms with Crippen LogP contribution in [0, 0.1) is 6.92 Å². The summed E-state index contributed by atoms with van der Waals surface area (Å²) in [6.07, 6.45) is 0.815. The van der Waals surface area contributed by atoms with Gasteiger partial charge in [-0.1, -0.05) is 36.8 Å². The van der Waals surface area contributed by atoms with Crippen molar-refractivity contribution >= 4 is 34.1 Å². The molecule has 150 valence electrons. The van der Waals surface area contributed by atoms with Gasteiger partial charge in [-0.2, -0.15) is 0 Å². The van der Waals surface area contributed by atoms with E-state index in [9.17, 15) is 14.4 Å². The van der Waals surface area contributed by atoms with E-state index in [4.69, 9.17) is 4.74 Å². The SMILES string of the molecule is CCOC(=O)c1cc(CC)sc1NC(=O)CC(NC(C)=O)c1ccc(C)cc1. The van der Waals surface area contributed by atoms with E-state index in [0.29, 0.717) is 10.6 Å². The van der Waals surface area contributed by atoms with Gasteiger partial charge in [-0.15, -0.1) is 11.3 Å². The lowest BCUT2D eigenvalue weighted by Gasteiger charge is -2.18. The van der Waals surface area contributed by atoms with Crippen LogP contribution in [0.2, 0.25) is 0 Å². The number of anilines is 1. The number of ether oxygens (including phenoxy) is 1. The molecule has 0 spiro atoms. The van der Waals surface area contributed by atoms with Crippen molar-refractivity contribution in [3.63, 3.8) is 0 Å². The lowest BCUT2D eigenvalue weighted by Crippen LogP contribution is -2.29. The maximum atomic E-state index is 12.7. The van der Waals surface area contributed by atoms with Crippen molar-refractivity contribution in [3.8, 4) is 0 Å². The zero-order chi connectivity index (χ0) is 20.7. The maximum Gasteiger partial charge on any atom is 0.341 e. The topological polar surface area (TPSA) is 84.5 Å². The molecule has 2 rings (SSSR count). The number of amides is 2. The Labute approximate surface area is 169 Å². The predicted octanol–water partition coefficient (Wildman–Crippen LogP) is 4.00. The van der Waals surface area contributed by atoms with E-state index in [1.807, 2.05) is 38.1 Å². The summed E-state index contributed by atoms with van der Waals surface area (Å²) in [5, 5.41) is 6.11. The molecule has 0 aliphatic carbocycles. The standard InChI is InChI=1S/C21H26N2O4S/c1-5-16-11-17(21(26)27-6-2)20(28-16)23-19(25)12-18(22-14(4)24)15-9-7-13(3)8-10-15/h7-11,18H,5-6,12H2,1-4H3,(H,22,24)(H,23,25). The second-order valence-corrected chi connectivity index (χ2v) is 7.58. The van der Waals surface area contributed by atoms with E-state index in [0.717, 1.165) is 22.4 Å². The van der Waals surface area contributed by atoms with Gasteiger partial charge in [0.15, 0.2) is 0 Å². The van der Waals surface area contributed by atoms with Gasteiger partial charge in [0.25, 0.3) is 0 Å². The first-order valence-electron chi connectivity index (χ1n) is 9.27. The summed E-state index contributed by atoms with van der Waals surface area (Å²) in [5.74, 6) is -0.949. The molecule has 0 bridgehead atoms. The largest absolute Gasteiger partial charge is 0.462 e. The Morgan fingerprint density at radius 3 is 2.39 bits per heavy atom. The van der Waals surface area contributed by atoms with Gasteiger partial charge < -0.3 is 15.4 Å². The minimum Gasteiger partial charge on any atom is -0.462 e. The van der Waals surface area contributed by atoms with Crippen molar-refractivity contribution in [2.75, 3.05) is 11.9 Å². The number of carbonyl (C=O) groups is 3. The zero-order valence-corrected chi connectivity index (χ0v) is 17.4. The molecule has 0 aliphatic heterocycles. The first-order valence-corrected chi connectivity index (χ1v) is 10.1. The highest BCUT2D eigenvalue weighted by atomic mass is 32.1. The molecule has 6 nitrogen and oxygen atoms in total. The molecule has 2 amide bonds. The van der Waals surface area contributed by atoms with Gasteiger partial charge in [-0.25, -0.2) is 4.79 Å². The summed E-state index contributed by atoms with van der Waals surface area (Å²) in [6.45, 7) is 7.38. The van der Waals surface area contributed by atoms with Crippen molar-refractivity contribution in [2.45, 2.75) is 46.6 Å². The van der Waals surface area contributed by atoms with Gasteiger partial charge in [0.2, 0.25) is 11.8 Å². The molecule has 1 atom stereocenters. The molecule has 0 saturated carbocycles. The Bertz CT molecular complexity index is 843. The number of nitrogens with one attached hydrogen (secondary N) is 2. The minimum absolute atomic E-state index is 0.0598. The highest BCUT2D eigenvalue weighted by molar-refractivity contribution is 7.16. The Hall–Kier alpha value is -2.67. The molecule has 0 saturated heterocycles. The van der Waals surface area contributed by atoms with Gasteiger partial charge in [-0.3, -0.25) is 9.59 Å². The summed E-state index contributed by atoms with van der Waals surface area (Å²) in [7, 11) is 0. The molecule has 0 radical (unpaired) electrons. The molecule has 28 heavy (non-hydrogen) atoms. The number of benzene rings is 1. The summed E-state index contributed by atoms with van der Waals surface area (Å²) in [4.78, 5) is 37.4. The number of rotatable bonds is 8. The predicted molar refractivity (Wildman–Crippen MR) is 111 cm³/mol. The smallest absolute Gasteiger partial charge is 0.341 e. The first kappa shape index (κ1) is 21.6. The van der Waals surface area contributed by atoms with E-state index in [1.54, 1.807) is 13.0 Å². The molecule has 7 heteroatoms. The molecule has 1 aromatic heterocycles. The van der Waals surface area contributed by atoms with E-state index in [2.05, 4.69) is 10.6 Å². The fourth-order valence-corrected chi connectivity index (χ4v) is 3.73. The van der Waals surface area contributed by atoms with Crippen LogP contribution in [0.1, 0.15) is 59.6 Å². The third-order valence-corrected chi connectivity index (χ3v) is 5.32. The molecular weight excluding hydrogens is 376 g/mol. The van der Waals surface area contributed by atoms with Gasteiger partial charge in [0, 0.05) is 11.8 Å². The number of esters is 1. The average Bonchev–Trinajstić information content (AvgIpc) is 3.04. The van der Waals surface area contributed by atoms with Crippen molar-refractivity contribution in [3.05, 3.63) is 51.9 Å². The van der Waals surface area contributed by atoms with Crippen molar-refractivity contribution in [2.24, 2.45) is 0 Å². The highest BCUT2D eigenvalue weighted by Gasteiger charge is 2.21. The maximum absolute atomic E-state index is 12.7. The van der Waals surface area contributed by atoms with Crippen molar-refractivity contribution < 1.29 is 19.1 Å². The van der Waals surface area contributed by atoms with Gasteiger partial charge in [0.1, 0.15) is 5.00 Å². The Kier molecular flexibility index (Phi) is 7.75. The third kappa shape index (κ3) is 5.92. The van der Waals surface area contributed by atoms with Crippen LogP contribution in [-0.2, 0) is 20.7 Å². The fourth-order valence-electron chi connectivity index (χ4n) is 2.73. The van der Waals surface area contributed by atoms with Gasteiger partial charge in [-0.05, 0) is 31.9 Å². The molecular formula is C21H26N2O4S. The molecule has 0 aliphatic rings. The first-order chi connectivity index (χ1) is 13.3. The molecule has 1 heterocycles. The summed E-state index contributed by atoms with van der Waals surface area (Å²) < 4.78 is 5.08. The average molecular weight is 403 g/mol. The van der Waals surface area contributed by atoms with Crippen LogP contribution < -0.4 is 10.6 Å². The van der Waals surface area contributed by atoms with Gasteiger partial charge in [0.05, 0.1) is 24.6 Å². The summed E-state index contributed by atoms with van der Waals surface area (Å²) in [5.41, 5.74) is 2.31. The lowest BCUT2D eigenvalue weighted by atomic mass is 10.0. The van der Waals surface area contributed by atoms with Gasteiger partial charge >= 0.3 is 5.97 Å². The second-order valence-electron chi connectivity index (χ2n) is 6.45. The molecule has 2 N–H and O–H groups in total. The number of thiophene rings is 1. The number of aryl methyl sites for hydroxylation is 2. The summed E-state index contributed by atoms with van der Waals surface area (Å²) in [6, 6.07) is 8.97. The fraction of sp³-hybridized carbons (Fsp3) is 0.381. The monoisotopic (exact) mass is 402 g/mol. The molecule has 0 fully saturated rings. The zero-order valence-electron chi connectivity index (χ0n) is 16.6. The van der Waals surface area contributed by atoms with Crippen molar-refractivity contribution in [1.29, 1.82) is 0 Å². The van der Waals surface area contributed by atoms with Crippen molar-refractivity contribution in [1.82, 2.24) is 5.32 Å². The number of carbonyl (C=O) groups excluding carboxylic acids is 3. The van der Waals surface area contributed by atoms with E-state index < -0.39 is 12.0 Å². The van der Waals surface area contributed by atoms with E-state index >= 15 is 0 Å². The Morgan fingerprint density at radius 1 is 1.14 bits per heavy atom. The molecule has 2 aromatic rings. The second kappa shape index (κ2) is 10.0. The third-order valence-electron chi connectivity index (χ3n) is 4.13. The van der Waals surface area contributed by atoms with Crippen LogP contribution in [-0.4, -0.2) is 24.4 Å². The lowest BCUT2D eigenvalue weighted by molar-refractivity contribution is -0.120. The van der Waals surface area contributed by atoms with E-state index in [-0.39, 0.29) is 24.8 Å². The Balaban J connectivity index is 2.18. The number of hydrogen-bond donors (Lipinski definition) is 2. The van der Waals surface area contributed by atoms with Crippen LogP contribution in [0.15, 0.2) is 30.3 Å². The van der Waals surface area contributed by atoms with Crippen LogP contribution in [0.5, 0.6) is 0 Å². The Morgan fingerprint density at radius 2 is 1.82 bits per heavy atom. The number of hydrogen-bond acceptors (Lipinski definition) is 5. The molecule has 1 unspecified atom stereocenters. The van der Waals surface area contributed by atoms with Crippen LogP contribution in [0.25, 0.3) is 0 Å². The van der Waals surface area contributed by atoms with E-state index in [1.165, 1.54) is 18.3 Å². The molecule has 1 aromatic carbocycles.